The van der Waals surface area contributed by atoms with E-state index in [0.29, 0.717) is 29.2 Å². The minimum atomic E-state index is -1.88. The van der Waals surface area contributed by atoms with Gasteiger partial charge in [-0.25, -0.2) is 19.9 Å². The summed E-state index contributed by atoms with van der Waals surface area (Å²) in [7, 11) is -1.88. The van der Waals surface area contributed by atoms with Gasteiger partial charge in [-0.3, -0.25) is 9.69 Å². The number of amides is 1. The molecule has 1 aliphatic rings. The Labute approximate surface area is 235 Å². The lowest BCUT2D eigenvalue weighted by molar-refractivity contribution is -0.125. The summed E-state index contributed by atoms with van der Waals surface area (Å²) in [6.45, 7) is 15.0. The number of ether oxygens (including phenoxy) is 1. The highest BCUT2D eigenvalue weighted by molar-refractivity contribution is 6.74. The molecule has 0 saturated carbocycles. The number of nitrogens with zero attached hydrogens (tertiary/aromatic N) is 7. The minimum absolute atomic E-state index is 0.137. The molecule has 5 heterocycles. The zero-order valence-electron chi connectivity index (χ0n) is 23.8. The van der Waals surface area contributed by atoms with E-state index < -0.39 is 14.4 Å². The minimum Gasteiger partial charge on any atom is -0.462 e. The van der Waals surface area contributed by atoms with E-state index in [1.54, 1.807) is 35.4 Å². The Morgan fingerprint density at radius 1 is 1.10 bits per heavy atom. The van der Waals surface area contributed by atoms with Crippen LogP contribution in [0, 0.1) is 6.92 Å². The fraction of sp³-hybridized carbons (Fsp3) is 0.429. The summed E-state index contributed by atoms with van der Waals surface area (Å²) in [4.78, 5) is 33.1. The Balaban J connectivity index is 1.36. The largest absolute Gasteiger partial charge is 0.462 e. The summed E-state index contributed by atoms with van der Waals surface area (Å²) in [5.41, 5.74) is 1.50. The van der Waals surface area contributed by atoms with E-state index in [-0.39, 0.29) is 22.9 Å². The summed E-state index contributed by atoms with van der Waals surface area (Å²) >= 11 is 0. The van der Waals surface area contributed by atoms with Crippen LogP contribution >= 0.6 is 0 Å². The summed E-state index contributed by atoms with van der Waals surface area (Å²) in [6.07, 6.45) is 5.68. The van der Waals surface area contributed by atoms with E-state index in [4.69, 9.17) is 9.16 Å². The Kier molecular flexibility index (Phi) is 7.67. The normalized spacial score (nSPS) is 15.6. The van der Waals surface area contributed by atoms with E-state index in [9.17, 15) is 4.79 Å². The molecule has 0 bridgehead atoms. The molecule has 0 spiro atoms. The summed E-state index contributed by atoms with van der Waals surface area (Å²) in [5.74, 6) is 1.09. The Bertz CT molecular complexity index is 1480. The number of aryl methyl sites for hydroxylation is 1. The average molecular weight is 561 g/mol. The average Bonchev–Trinajstić information content (AvgIpc) is 3.32. The molecule has 40 heavy (non-hydrogen) atoms. The SMILES string of the molecule is Cc1cccnc1-n1ncc2c(OC(CN3CC(O[Si](C)(C)C(C)(C)C)C3)C(=O)Nc3ccccn3)ncnc21. The lowest BCUT2D eigenvalue weighted by Gasteiger charge is -2.46. The van der Waals surface area contributed by atoms with Gasteiger partial charge in [-0.15, -0.1) is 0 Å². The first-order valence-electron chi connectivity index (χ1n) is 13.4. The first-order chi connectivity index (χ1) is 19.0. The third-order valence-corrected chi connectivity index (χ3v) is 12.1. The molecule has 4 aromatic rings. The van der Waals surface area contributed by atoms with Crippen LogP contribution in [0.1, 0.15) is 26.3 Å². The van der Waals surface area contributed by atoms with Crippen molar-refractivity contribution in [2.24, 2.45) is 0 Å². The van der Waals surface area contributed by atoms with Gasteiger partial charge in [0.15, 0.2) is 25.9 Å². The number of anilines is 1. The van der Waals surface area contributed by atoms with Crippen molar-refractivity contribution in [2.45, 2.75) is 58.0 Å². The Morgan fingerprint density at radius 3 is 2.58 bits per heavy atom. The van der Waals surface area contributed by atoms with Gasteiger partial charge in [0.05, 0.1) is 12.3 Å². The van der Waals surface area contributed by atoms with Crippen LogP contribution in [0.25, 0.3) is 16.9 Å². The maximum atomic E-state index is 13.4. The maximum Gasteiger partial charge on any atom is 0.268 e. The van der Waals surface area contributed by atoms with Crippen LogP contribution in [-0.2, 0) is 9.22 Å². The van der Waals surface area contributed by atoms with Gasteiger partial charge in [0.25, 0.3) is 5.91 Å². The molecule has 0 radical (unpaired) electrons. The zero-order chi connectivity index (χ0) is 28.5. The third-order valence-electron chi connectivity index (χ3n) is 7.59. The molecule has 11 nitrogen and oxygen atoms in total. The van der Waals surface area contributed by atoms with Crippen molar-refractivity contribution in [1.82, 2.24) is 34.6 Å². The van der Waals surface area contributed by atoms with Crippen molar-refractivity contribution in [3.8, 4) is 11.7 Å². The number of hydrogen-bond acceptors (Lipinski definition) is 9. The monoisotopic (exact) mass is 560 g/mol. The van der Waals surface area contributed by atoms with Gasteiger partial charge in [-0.1, -0.05) is 32.9 Å². The third kappa shape index (κ3) is 5.88. The predicted octanol–water partition coefficient (Wildman–Crippen LogP) is 4.01. The molecular formula is C28H36N8O3Si. The fourth-order valence-corrected chi connectivity index (χ4v) is 5.63. The van der Waals surface area contributed by atoms with Crippen LogP contribution in [-0.4, -0.2) is 80.7 Å². The van der Waals surface area contributed by atoms with Crippen LogP contribution in [0.5, 0.6) is 5.88 Å². The number of nitrogens with one attached hydrogen (secondary N) is 1. The molecule has 4 aromatic heterocycles. The summed E-state index contributed by atoms with van der Waals surface area (Å²) in [5, 5.41) is 8.09. The molecule has 1 saturated heterocycles. The lowest BCUT2D eigenvalue weighted by Crippen LogP contribution is -2.60. The van der Waals surface area contributed by atoms with Crippen LogP contribution in [0.4, 0.5) is 5.82 Å². The zero-order valence-corrected chi connectivity index (χ0v) is 24.8. The molecule has 5 rings (SSSR count). The van der Waals surface area contributed by atoms with Crippen LogP contribution in [0.15, 0.2) is 55.2 Å². The number of carbonyl (C=O) groups is 1. The van der Waals surface area contributed by atoms with E-state index in [1.165, 1.54) is 6.33 Å². The van der Waals surface area contributed by atoms with Crippen molar-refractivity contribution in [3.05, 3.63) is 60.8 Å². The Morgan fingerprint density at radius 2 is 1.88 bits per heavy atom. The molecule has 1 N–H and O–H groups in total. The van der Waals surface area contributed by atoms with E-state index in [0.717, 1.165) is 18.7 Å². The first kappa shape index (κ1) is 27.8. The van der Waals surface area contributed by atoms with Crippen LogP contribution in [0.2, 0.25) is 18.1 Å². The van der Waals surface area contributed by atoms with Crippen LogP contribution in [0.3, 0.4) is 0 Å². The van der Waals surface area contributed by atoms with Crippen molar-refractivity contribution >= 4 is 31.1 Å². The molecule has 1 atom stereocenters. The van der Waals surface area contributed by atoms with Gasteiger partial charge in [0, 0.05) is 32.0 Å². The second-order valence-electron chi connectivity index (χ2n) is 11.6. The van der Waals surface area contributed by atoms with Crippen molar-refractivity contribution < 1.29 is 14.0 Å². The number of hydrogen-bond donors (Lipinski definition) is 1. The molecule has 0 aliphatic carbocycles. The second kappa shape index (κ2) is 11.0. The molecule has 0 aromatic carbocycles. The van der Waals surface area contributed by atoms with Gasteiger partial charge in [-0.05, 0) is 48.8 Å². The lowest BCUT2D eigenvalue weighted by atomic mass is 10.1. The topological polar surface area (TPSA) is 120 Å². The molecular weight excluding hydrogens is 524 g/mol. The number of rotatable bonds is 9. The van der Waals surface area contributed by atoms with Crippen molar-refractivity contribution in [3.63, 3.8) is 0 Å². The molecule has 1 aliphatic heterocycles. The number of likely N-dealkylation sites (tertiary alicyclic amines) is 1. The molecule has 12 heteroatoms. The predicted molar refractivity (Wildman–Crippen MR) is 155 cm³/mol. The highest BCUT2D eigenvalue weighted by atomic mass is 28.4. The molecule has 1 amide bonds. The number of fused-ring (bicyclic) bond motifs is 1. The number of aromatic nitrogens is 6. The molecule has 1 fully saturated rings. The fourth-order valence-electron chi connectivity index (χ4n) is 4.30. The smallest absolute Gasteiger partial charge is 0.268 e. The number of carbonyl (C=O) groups excluding carboxylic acids is 1. The van der Waals surface area contributed by atoms with Gasteiger partial charge >= 0.3 is 0 Å². The standard InChI is InChI=1S/C28H36N8O3Si/c1-19-10-9-13-30-24(19)36-25-21(14-33-36)27(32-18-31-25)38-22(26(37)34-23-11-7-8-12-29-23)17-35-15-20(16-35)39-40(5,6)28(2,3)4/h7-14,18,20,22H,15-17H2,1-6H3,(H,29,34,37). The van der Waals surface area contributed by atoms with Crippen LogP contribution < -0.4 is 10.1 Å². The number of pyridine rings is 2. The molecule has 1 unspecified atom stereocenters. The second-order valence-corrected chi connectivity index (χ2v) is 16.4. The summed E-state index contributed by atoms with van der Waals surface area (Å²) < 4.78 is 14.5. The maximum absolute atomic E-state index is 13.4. The summed E-state index contributed by atoms with van der Waals surface area (Å²) in [6, 6.07) is 9.19. The molecule has 210 valence electrons. The van der Waals surface area contributed by atoms with E-state index in [1.807, 2.05) is 25.1 Å². The van der Waals surface area contributed by atoms with Gasteiger partial charge in [-0.2, -0.15) is 9.78 Å². The van der Waals surface area contributed by atoms with Gasteiger partial charge in [0.1, 0.15) is 17.5 Å². The van der Waals surface area contributed by atoms with Gasteiger partial charge in [0.2, 0.25) is 5.88 Å². The van der Waals surface area contributed by atoms with Crippen molar-refractivity contribution in [2.75, 3.05) is 25.0 Å². The van der Waals surface area contributed by atoms with Crippen molar-refractivity contribution in [1.29, 1.82) is 0 Å². The first-order valence-corrected chi connectivity index (χ1v) is 16.3. The Hall–Kier alpha value is -3.74. The van der Waals surface area contributed by atoms with E-state index >= 15 is 0 Å². The van der Waals surface area contributed by atoms with Gasteiger partial charge < -0.3 is 14.5 Å². The highest BCUT2D eigenvalue weighted by Gasteiger charge is 2.42. The van der Waals surface area contributed by atoms with E-state index in [2.05, 4.69) is 69.1 Å². The highest BCUT2D eigenvalue weighted by Crippen LogP contribution is 2.38. The quantitative estimate of drug-likeness (QED) is 0.303.